The molecule has 3 nitrogen and oxygen atoms in total. The summed E-state index contributed by atoms with van der Waals surface area (Å²) in [6.45, 7) is 2.13. The second-order valence-corrected chi connectivity index (χ2v) is 3.68. The van der Waals surface area contributed by atoms with Crippen molar-refractivity contribution in [3.05, 3.63) is 41.0 Å². The van der Waals surface area contributed by atoms with Crippen molar-refractivity contribution >= 4 is 28.5 Å². The first-order valence-corrected chi connectivity index (χ1v) is 5.31. The van der Waals surface area contributed by atoms with Gasteiger partial charge in [-0.05, 0) is 25.1 Å². The van der Waals surface area contributed by atoms with E-state index in [9.17, 15) is 4.79 Å². The summed E-state index contributed by atoms with van der Waals surface area (Å²) in [5.74, 6) is -0.336. The van der Waals surface area contributed by atoms with Gasteiger partial charge in [0.15, 0.2) is 0 Å². The largest absolute Gasteiger partial charge is 0.462 e. The van der Waals surface area contributed by atoms with Crippen LogP contribution in [0.25, 0.3) is 10.9 Å². The normalized spacial score (nSPS) is 10.4. The molecule has 16 heavy (non-hydrogen) atoms. The van der Waals surface area contributed by atoms with Crippen LogP contribution in [-0.4, -0.2) is 17.6 Å². The van der Waals surface area contributed by atoms with Crippen molar-refractivity contribution in [1.82, 2.24) is 4.98 Å². The summed E-state index contributed by atoms with van der Waals surface area (Å²) >= 11 is 5.86. The summed E-state index contributed by atoms with van der Waals surface area (Å²) in [6, 6.07) is 6.87. The third-order valence-electron chi connectivity index (χ3n) is 2.20. The van der Waals surface area contributed by atoms with Gasteiger partial charge in [-0.2, -0.15) is 0 Å². The van der Waals surface area contributed by atoms with Crippen LogP contribution in [0.5, 0.6) is 0 Å². The van der Waals surface area contributed by atoms with Crippen molar-refractivity contribution in [2.45, 2.75) is 6.92 Å². The number of carbonyl (C=O) groups is 1. The monoisotopic (exact) mass is 235 g/mol. The lowest BCUT2D eigenvalue weighted by atomic mass is 10.1. The number of pyridine rings is 1. The van der Waals surface area contributed by atoms with E-state index in [1.54, 1.807) is 37.4 Å². The number of carbonyl (C=O) groups excluding carboxylic acids is 1. The Morgan fingerprint density at radius 3 is 3.00 bits per heavy atom. The molecule has 1 aromatic heterocycles. The number of hydrogen-bond acceptors (Lipinski definition) is 3. The summed E-state index contributed by atoms with van der Waals surface area (Å²) in [5, 5.41) is 1.35. The number of aromatic nitrogens is 1. The van der Waals surface area contributed by atoms with Gasteiger partial charge < -0.3 is 4.74 Å². The number of fused-ring (bicyclic) bond motifs is 1. The SMILES string of the molecule is CCOC(=O)c1ccnc2cc(Cl)ccc12. The number of esters is 1. The highest BCUT2D eigenvalue weighted by atomic mass is 35.5. The summed E-state index contributed by atoms with van der Waals surface area (Å²) in [4.78, 5) is 15.8. The van der Waals surface area contributed by atoms with E-state index in [1.807, 2.05) is 0 Å². The van der Waals surface area contributed by atoms with E-state index in [4.69, 9.17) is 16.3 Å². The van der Waals surface area contributed by atoms with E-state index in [0.717, 1.165) is 5.39 Å². The molecule has 1 heterocycles. The van der Waals surface area contributed by atoms with Gasteiger partial charge in [0, 0.05) is 16.6 Å². The highest BCUT2D eigenvalue weighted by Crippen LogP contribution is 2.21. The molecule has 0 spiro atoms. The van der Waals surface area contributed by atoms with Gasteiger partial charge in [0.05, 0.1) is 17.7 Å². The fourth-order valence-electron chi connectivity index (χ4n) is 1.51. The van der Waals surface area contributed by atoms with Gasteiger partial charge in [-0.1, -0.05) is 17.7 Å². The van der Waals surface area contributed by atoms with Gasteiger partial charge in [-0.3, -0.25) is 4.98 Å². The second kappa shape index (κ2) is 4.49. The standard InChI is InChI=1S/C12H10ClNO2/c1-2-16-12(15)10-5-6-14-11-7-8(13)3-4-9(10)11/h3-7H,2H2,1H3. The first kappa shape index (κ1) is 10.9. The number of nitrogens with zero attached hydrogens (tertiary/aromatic N) is 1. The molecule has 0 atom stereocenters. The molecule has 0 amide bonds. The van der Waals surface area contributed by atoms with Gasteiger partial charge >= 0.3 is 5.97 Å². The van der Waals surface area contributed by atoms with Crippen LogP contribution in [0.2, 0.25) is 5.02 Å². The Morgan fingerprint density at radius 2 is 2.25 bits per heavy atom. The molecule has 2 rings (SSSR count). The van der Waals surface area contributed by atoms with Crippen LogP contribution in [0, 0.1) is 0 Å². The number of hydrogen-bond donors (Lipinski definition) is 0. The molecule has 0 radical (unpaired) electrons. The minimum absolute atomic E-state index is 0.336. The highest BCUT2D eigenvalue weighted by Gasteiger charge is 2.11. The van der Waals surface area contributed by atoms with Crippen LogP contribution in [0.4, 0.5) is 0 Å². The molecule has 0 aliphatic rings. The van der Waals surface area contributed by atoms with Crippen molar-refractivity contribution in [3.8, 4) is 0 Å². The maximum atomic E-state index is 11.7. The molecule has 82 valence electrons. The maximum Gasteiger partial charge on any atom is 0.338 e. The molecular weight excluding hydrogens is 226 g/mol. The molecule has 0 aliphatic heterocycles. The van der Waals surface area contributed by atoms with Gasteiger partial charge in [-0.25, -0.2) is 4.79 Å². The molecule has 0 bridgehead atoms. The van der Waals surface area contributed by atoms with Gasteiger partial charge in [0.25, 0.3) is 0 Å². The van der Waals surface area contributed by atoms with E-state index < -0.39 is 0 Å². The quantitative estimate of drug-likeness (QED) is 0.751. The third-order valence-corrected chi connectivity index (χ3v) is 2.44. The maximum absolute atomic E-state index is 11.7. The summed E-state index contributed by atoms with van der Waals surface area (Å²) in [5.41, 5.74) is 1.21. The van der Waals surface area contributed by atoms with Crippen molar-refractivity contribution in [1.29, 1.82) is 0 Å². The minimum Gasteiger partial charge on any atom is -0.462 e. The van der Waals surface area contributed by atoms with Crippen molar-refractivity contribution < 1.29 is 9.53 Å². The average Bonchev–Trinajstić information content (AvgIpc) is 2.28. The second-order valence-electron chi connectivity index (χ2n) is 3.24. The molecule has 0 fully saturated rings. The number of benzene rings is 1. The van der Waals surface area contributed by atoms with Crippen molar-refractivity contribution in [2.75, 3.05) is 6.61 Å². The Labute approximate surface area is 98.0 Å². The zero-order valence-electron chi connectivity index (χ0n) is 8.74. The lowest BCUT2D eigenvalue weighted by Crippen LogP contribution is -2.05. The Balaban J connectivity index is 2.58. The van der Waals surface area contributed by atoms with Gasteiger partial charge in [-0.15, -0.1) is 0 Å². The first-order chi connectivity index (χ1) is 7.72. The van der Waals surface area contributed by atoms with E-state index in [0.29, 0.717) is 22.7 Å². The summed E-state index contributed by atoms with van der Waals surface area (Å²) in [7, 11) is 0. The van der Waals surface area contributed by atoms with E-state index in [1.165, 1.54) is 0 Å². The lowest BCUT2D eigenvalue weighted by molar-refractivity contribution is 0.0528. The lowest BCUT2D eigenvalue weighted by Gasteiger charge is -2.05. The van der Waals surface area contributed by atoms with Crippen LogP contribution in [-0.2, 0) is 4.74 Å². The Morgan fingerprint density at radius 1 is 1.44 bits per heavy atom. The Kier molecular flexibility index (Phi) is 3.06. The fraction of sp³-hybridized carbons (Fsp3) is 0.167. The molecule has 0 N–H and O–H groups in total. The van der Waals surface area contributed by atoms with Crippen molar-refractivity contribution in [2.24, 2.45) is 0 Å². The summed E-state index contributed by atoms with van der Waals surface area (Å²) in [6.07, 6.45) is 1.57. The van der Waals surface area contributed by atoms with Crippen LogP contribution in [0.15, 0.2) is 30.5 Å². The number of halogens is 1. The minimum atomic E-state index is -0.336. The smallest absolute Gasteiger partial charge is 0.338 e. The zero-order valence-corrected chi connectivity index (χ0v) is 9.49. The average molecular weight is 236 g/mol. The fourth-order valence-corrected chi connectivity index (χ4v) is 1.67. The van der Waals surface area contributed by atoms with Crippen molar-refractivity contribution in [3.63, 3.8) is 0 Å². The number of ether oxygens (including phenoxy) is 1. The topological polar surface area (TPSA) is 39.2 Å². The first-order valence-electron chi connectivity index (χ1n) is 4.93. The molecular formula is C12H10ClNO2. The van der Waals surface area contributed by atoms with Crippen LogP contribution in [0.1, 0.15) is 17.3 Å². The molecule has 0 saturated heterocycles. The van der Waals surface area contributed by atoms with Crippen LogP contribution < -0.4 is 0 Å². The number of rotatable bonds is 2. The van der Waals surface area contributed by atoms with Crippen LogP contribution >= 0.6 is 11.6 Å². The molecule has 2 aromatic rings. The van der Waals surface area contributed by atoms with Gasteiger partial charge in [0.1, 0.15) is 0 Å². The van der Waals surface area contributed by atoms with E-state index >= 15 is 0 Å². The highest BCUT2D eigenvalue weighted by molar-refractivity contribution is 6.31. The van der Waals surface area contributed by atoms with Crippen LogP contribution in [0.3, 0.4) is 0 Å². The predicted octanol–water partition coefficient (Wildman–Crippen LogP) is 3.06. The molecule has 1 aromatic carbocycles. The summed E-state index contributed by atoms with van der Waals surface area (Å²) < 4.78 is 4.97. The van der Waals surface area contributed by atoms with E-state index in [-0.39, 0.29) is 5.97 Å². The third kappa shape index (κ3) is 1.99. The Bertz CT molecular complexity index is 540. The molecule has 0 unspecified atom stereocenters. The Hall–Kier alpha value is -1.61. The predicted molar refractivity (Wildman–Crippen MR) is 62.7 cm³/mol. The van der Waals surface area contributed by atoms with E-state index in [2.05, 4.69) is 4.98 Å². The molecule has 0 saturated carbocycles. The zero-order chi connectivity index (χ0) is 11.5. The van der Waals surface area contributed by atoms with Gasteiger partial charge in [0.2, 0.25) is 0 Å². The molecule has 0 aliphatic carbocycles. The molecule has 4 heteroatoms.